The average molecular weight is 261 g/mol. The Morgan fingerprint density at radius 3 is 2.39 bits per heavy atom. The molecule has 0 aliphatic carbocycles. The lowest BCUT2D eigenvalue weighted by Crippen LogP contribution is -2.50. The molecule has 0 aliphatic rings. The highest BCUT2D eigenvalue weighted by Gasteiger charge is 2.21. The molecule has 0 saturated heterocycles. The van der Waals surface area contributed by atoms with Gasteiger partial charge in [0.15, 0.2) is 5.96 Å². The van der Waals surface area contributed by atoms with Crippen LogP contribution in [0.2, 0.25) is 0 Å². The van der Waals surface area contributed by atoms with Crippen LogP contribution in [0, 0.1) is 0 Å². The molecule has 2 atom stereocenters. The lowest BCUT2D eigenvalue weighted by molar-refractivity contribution is -0.143. The van der Waals surface area contributed by atoms with Crippen LogP contribution in [0.5, 0.6) is 0 Å². The first kappa shape index (κ1) is 16.1. The number of amides is 1. The second kappa shape index (κ2) is 8.25. The molecule has 0 spiro atoms. The zero-order valence-electron chi connectivity index (χ0n) is 9.87. The number of hydrogen-bond acceptors (Lipinski definition) is 5. The molecule has 0 bridgehead atoms. The molecule has 0 aromatic rings. The van der Waals surface area contributed by atoms with Gasteiger partial charge in [0.2, 0.25) is 5.91 Å². The second-order valence-electron chi connectivity index (χ2n) is 3.64. The molecular weight excluding hydrogens is 242 g/mol. The molecule has 1 amide bonds. The quantitative estimate of drug-likeness (QED) is 0.152. The Hall–Kier alpha value is -1.87. The monoisotopic (exact) mass is 261 g/mol. The smallest absolute Gasteiger partial charge is 0.328 e. The van der Waals surface area contributed by atoms with Gasteiger partial charge in [0.25, 0.3) is 0 Å². The first-order valence-corrected chi connectivity index (χ1v) is 5.33. The van der Waals surface area contributed by atoms with Crippen LogP contribution in [0.4, 0.5) is 0 Å². The topological polar surface area (TPSA) is 177 Å². The molecule has 0 aromatic carbocycles. The van der Waals surface area contributed by atoms with Crippen molar-refractivity contribution in [3.05, 3.63) is 0 Å². The number of nitrogens with one attached hydrogen (secondary N) is 1. The minimum atomic E-state index is -1.35. The second-order valence-corrected chi connectivity index (χ2v) is 3.64. The number of hydrogen-bond donors (Lipinski definition) is 6. The molecule has 18 heavy (non-hydrogen) atoms. The van der Waals surface area contributed by atoms with Gasteiger partial charge in [0.05, 0.1) is 12.6 Å². The van der Waals surface area contributed by atoms with Gasteiger partial charge in [0, 0.05) is 6.54 Å². The number of carboxylic acid groups (broad SMARTS) is 1. The number of carbonyl (C=O) groups is 2. The van der Waals surface area contributed by atoms with Crippen LogP contribution in [-0.4, -0.2) is 53.3 Å². The van der Waals surface area contributed by atoms with Crippen molar-refractivity contribution in [2.45, 2.75) is 24.9 Å². The normalized spacial score (nSPS) is 13.4. The van der Waals surface area contributed by atoms with Crippen LogP contribution in [0.25, 0.3) is 0 Å². The van der Waals surface area contributed by atoms with Crippen LogP contribution >= 0.6 is 0 Å². The van der Waals surface area contributed by atoms with Crippen molar-refractivity contribution in [2.75, 3.05) is 13.2 Å². The number of carbonyl (C=O) groups excluding carboxylic acids is 1. The number of carboxylic acids is 1. The SMILES string of the molecule is NC(N)=NCCC[C@@H](N)C(=O)N[C@H](CO)C(=O)O. The summed E-state index contributed by atoms with van der Waals surface area (Å²) in [4.78, 5) is 25.7. The predicted molar refractivity (Wildman–Crippen MR) is 64.5 cm³/mol. The summed E-state index contributed by atoms with van der Waals surface area (Å²) in [6.07, 6.45) is 0.795. The minimum Gasteiger partial charge on any atom is -0.480 e. The molecule has 0 aromatic heterocycles. The van der Waals surface area contributed by atoms with Gasteiger partial charge in [-0.25, -0.2) is 4.79 Å². The molecule has 9 nitrogen and oxygen atoms in total. The summed E-state index contributed by atoms with van der Waals surface area (Å²) in [6.45, 7) is -0.354. The van der Waals surface area contributed by atoms with E-state index in [1.165, 1.54) is 0 Å². The highest BCUT2D eigenvalue weighted by atomic mass is 16.4. The van der Waals surface area contributed by atoms with E-state index in [4.69, 9.17) is 27.4 Å². The van der Waals surface area contributed by atoms with E-state index in [1.54, 1.807) is 0 Å². The third kappa shape index (κ3) is 6.66. The molecule has 0 saturated carbocycles. The lowest BCUT2D eigenvalue weighted by atomic mass is 10.1. The Morgan fingerprint density at radius 2 is 1.94 bits per heavy atom. The van der Waals surface area contributed by atoms with Crippen molar-refractivity contribution in [2.24, 2.45) is 22.2 Å². The summed E-state index contributed by atoms with van der Waals surface area (Å²) < 4.78 is 0. The first-order valence-electron chi connectivity index (χ1n) is 5.33. The molecule has 0 aliphatic heterocycles. The highest BCUT2D eigenvalue weighted by molar-refractivity contribution is 5.86. The number of aliphatic hydroxyl groups is 1. The van der Waals surface area contributed by atoms with Crippen LogP contribution in [0.3, 0.4) is 0 Å². The third-order valence-corrected chi connectivity index (χ3v) is 2.10. The van der Waals surface area contributed by atoms with E-state index in [-0.39, 0.29) is 5.96 Å². The number of rotatable bonds is 8. The van der Waals surface area contributed by atoms with Crippen molar-refractivity contribution in [1.29, 1.82) is 0 Å². The van der Waals surface area contributed by atoms with E-state index < -0.39 is 30.6 Å². The fraction of sp³-hybridized carbons (Fsp3) is 0.667. The Kier molecular flexibility index (Phi) is 7.40. The van der Waals surface area contributed by atoms with E-state index in [0.717, 1.165) is 0 Å². The highest BCUT2D eigenvalue weighted by Crippen LogP contribution is 1.96. The minimum absolute atomic E-state index is 0.0424. The van der Waals surface area contributed by atoms with Crippen LogP contribution in [0.1, 0.15) is 12.8 Å². The number of nitrogens with zero attached hydrogens (tertiary/aromatic N) is 1. The van der Waals surface area contributed by atoms with Crippen LogP contribution in [-0.2, 0) is 9.59 Å². The van der Waals surface area contributed by atoms with Crippen molar-refractivity contribution in [3.63, 3.8) is 0 Å². The molecule has 0 unspecified atom stereocenters. The van der Waals surface area contributed by atoms with Crippen molar-refractivity contribution < 1.29 is 19.8 Å². The number of nitrogens with two attached hydrogens (primary N) is 3. The van der Waals surface area contributed by atoms with Crippen LogP contribution < -0.4 is 22.5 Å². The fourth-order valence-corrected chi connectivity index (χ4v) is 1.11. The fourth-order valence-electron chi connectivity index (χ4n) is 1.11. The van der Waals surface area contributed by atoms with Gasteiger partial charge in [-0.1, -0.05) is 0 Å². The summed E-state index contributed by atoms with van der Waals surface area (Å²) >= 11 is 0. The van der Waals surface area contributed by atoms with E-state index in [0.29, 0.717) is 19.4 Å². The van der Waals surface area contributed by atoms with Crippen molar-refractivity contribution in [1.82, 2.24) is 5.32 Å². The number of aliphatic imine (C=N–C) groups is 1. The Labute approximate surface area is 104 Å². The molecule has 9 N–H and O–H groups in total. The van der Waals surface area contributed by atoms with Crippen LogP contribution in [0.15, 0.2) is 4.99 Å². The molecular formula is C9H19N5O4. The van der Waals surface area contributed by atoms with Gasteiger partial charge >= 0.3 is 5.97 Å². The van der Waals surface area contributed by atoms with Crippen molar-refractivity contribution in [3.8, 4) is 0 Å². The number of aliphatic hydroxyl groups excluding tert-OH is 1. The summed E-state index contributed by atoms with van der Waals surface area (Å²) in [5.74, 6) is -2.00. The standard InChI is InChI=1S/C9H19N5O4/c10-5(2-1-3-13-9(11)12)7(16)14-6(4-15)8(17)18/h5-6,15H,1-4,10H2,(H,14,16)(H,17,18)(H4,11,12,13)/t5-,6-/m1/s1. The largest absolute Gasteiger partial charge is 0.480 e. The maximum Gasteiger partial charge on any atom is 0.328 e. The zero-order chi connectivity index (χ0) is 14.1. The van der Waals surface area contributed by atoms with E-state index in [2.05, 4.69) is 10.3 Å². The Morgan fingerprint density at radius 1 is 1.33 bits per heavy atom. The van der Waals surface area contributed by atoms with E-state index in [1.807, 2.05) is 0 Å². The summed E-state index contributed by atoms with van der Waals surface area (Å²) in [7, 11) is 0. The van der Waals surface area contributed by atoms with Gasteiger partial charge in [-0.3, -0.25) is 9.79 Å². The van der Waals surface area contributed by atoms with Gasteiger partial charge in [-0.05, 0) is 12.8 Å². The lowest BCUT2D eigenvalue weighted by Gasteiger charge is -2.15. The zero-order valence-corrected chi connectivity index (χ0v) is 9.87. The first-order chi connectivity index (χ1) is 8.38. The van der Waals surface area contributed by atoms with Gasteiger partial charge < -0.3 is 32.7 Å². The predicted octanol–water partition coefficient (Wildman–Crippen LogP) is -3.07. The molecule has 0 radical (unpaired) electrons. The van der Waals surface area contributed by atoms with Gasteiger partial charge in [-0.2, -0.15) is 0 Å². The van der Waals surface area contributed by atoms with Crippen molar-refractivity contribution >= 4 is 17.8 Å². The molecule has 0 heterocycles. The molecule has 0 fully saturated rings. The Bertz CT molecular complexity index is 316. The van der Waals surface area contributed by atoms with E-state index in [9.17, 15) is 9.59 Å². The maximum atomic E-state index is 11.4. The number of aliphatic carboxylic acids is 1. The van der Waals surface area contributed by atoms with E-state index >= 15 is 0 Å². The maximum absolute atomic E-state index is 11.4. The molecule has 0 rings (SSSR count). The summed E-state index contributed by atoms with van der Waals surface area (Å²) in [5, 5.41) is 19.5. The molecule has 104 valence electrons. The van der Waals surface area contributed by atoms with Gasteiger partial charge in [-0.15, -0.1) is 0 Å². The Balaban J connectivity index is 4.03. The van der Waals surface area contributed by atoms with Gasteiger partial charge in [0.1, 0.15) is 6.04 Å². The summed E-state index contributed by atoms with van der Waals surface area (Å²) in [5.41, 5.74) is 15.8. The summed E-state index contributed by atoms with van der Waals surface area (Å²) in [6, 6.07) is -2.21. The molecule has 9 heteroatoms. The number of guanidine groups is 1. The average Bonchev–Trinajstić information content (AvgIpc) is 2.30. The third-order valence-electron chi connectivity index (χ3n) is 2.10.